The van der Waals surface area contributed by atoms with E-state index in [1.54, 1.807) is 0 Å². The van der Waals surface area contributed by atoms with Crippen molar-refractivity contribution in [3.63, 3.8) is 0 Å². The SMILES string of the molecule is CCNC1CCCN(CCCS(C)(=O)=O)c2ccccc21. The summed E-state index contributed by atoms with van der Waals surface area (Å²) >= 11 is 0. The number of para-hydroxylation sites is 1. The van der Waals surface area contributed by atoms with Gasteiger partial charge in [0.1, 0.15) is 9.84 Å². The van der Waals surface area contributed by atoms with Crippen LogP contribution in [0.15, 0.2) is 24.3 Å². The lowest BCUT2D eigenvalue weighted by Gasteiger charge is -2.26. The predicted octanol–water partition coefficient (Wildman–Crippen LogP) is 2.37. The number of benzene rings is 1. The van der Waals surface area contributed by atoms with E-state index >= 15 is 0 Å². The zero-order valence-corrected chi connectivity index (χ0v) is 13.8. The number of fused-ring (bicyclic) bond motifs is 1. The summed E-state index contributed by atoms with van der Waals surface area (Å²) in [5.74, 6) is 0.266. The maximum atomic E-state index is 11.3. The third-order valence-corrected chi connectivity index (χ3v) is 5.00. The largest absolute Gasteiger partial charge is 0.371 e. The average molecular weight is 310 g/mol. The molecular formula is C16H26N2O2S. The molecule has 1 atom stereocenters. The quantitative estimate of drug-likeness (QED) is 0.876. The Labute approximate surface area is 128 Å². The molecule has 1 unspecified atom stereocenters. The van der Waals surface area contributed by atoms with E-state index in [2.05, 4.69) is 41.4 Å². The molecule has 0 amide bonds. The molecule has 0 spiro atoms. The van der Waals surface area contributed by atoms with Gasteiger partial charge in [0, 0.05) is 31.1 Å². The first-order chi connectivity index (χ1) is 10.0. The van der Waals surface area contributed by atoms with Crippen molar-refractivity contribution in [1.29, 1.82) is 0 Å². The molecule has 118 valence electrons. The van der Waals surface area contributed by atoms with Gasteiger partial charge in [0.15, 0.2) is 0 Å². The Morgan fingerprint density at radius 2 is 2.10 bits per heavy atom. The van der Waals surface area contributed by atoms with Crippen molar-refractivity contribution >= 4 is 15.5 Å². The van der Waals surface area contributed by atoms with E-state index in [1.807, 2.05) is 0 Å². The lowest BCUT2D eigenvalue weighted by atomic mass is 10.0. The van der Waals surface area contributed by atoms with Crippen LogP contribution in [0.5, 0.6) is 0 Å². The first-order valence-electron chi connectivity index (χ1n) is 7.76. The number of anilines is 1. The van der Waals surface area contributed by atoms with Gasteiger partial charge in [0.2, 0.25) is 0 Å². The molecule has 1 aromatic carbocycles. The monoisotopic (exact) mass is 310 g/mol. The van der Waals surface area contributed by atoms with Crippen LogP contribution in [0.3, 0.4) is 0 Å². The maximum absolute atomic E-state index is 11.3. The first-order valence-corrected chi connectivity index (χ1v) is 9.82. The van der Waals surface area contributed by atoms with Crippen LogP contribution in [0.25, 0.3) is 0 Å². The van der Waals surface area contributed by atoms with Crippen LogP contribution in [0.2, 0.25) is 0 Å². The fraction of sp³-hybridized carbons (Fsp3) is 0.625. The van der Waals surface area contributed by atoms with E-state index in [9.17, 15) is 8.42 Å². The van der Waals surface area contributed by atoms with E-state index in [-0.39, 0.29) is 5.75 Å². The maximum Gasteiger partial charge on any atom is 0.147 e. The number of nitrogens with zero attached hydrogens (tertiary/aromatic N) is 1. The third-order valence-electron chi connectivity index (χ3n) is 3.97. The van der Waals surface area contributed by atoms with Gasteiger partial charge in [0.25, 0.3) is 0 Å². The predicted molar refractivity (Wildman–Crippen MR) is 88.6 cm³/mol. The van der Waals surface area contributed by atoms with Gasteiger partial charge in [-0.15, -0.1) is 0 Å². The standard InChI is InChI=1S/C16H26N2O2S/c1-3-17-15-9-6-11-18(12-7-13-21(2,19)20)16-10-5-4-8-14(15)16/h4-5,8,10,15,17H,3,6-7,9,11-13H2,1-2H3. The highest BCUT2D eigenvalue weighted by Crippen LogP contribution is 2.32. The fourth-order valence-electron chi connectivity index (χ4n) is 3.04. The normalized spacial score (nSPS) is 19.1. The highest BCUT2D eigenvalue weighted by Gasteiger charge is 2.21. The van der Waals surface area contributed by atoms with E-state index < -0.39 is 9.84 Å². The van der Waals surface area contributed by atoms with Crippen molar-refractivity contribution in [3.8, 4) is 0 Å². The van der Waals surface area contributed by atoms with Gasteiger partial charge in [-0.25, -0.2) is 8.42 Å². The summed E-state index contributed by atoms with van der Waals surface area (Å²) in [5.41, 5.74) is 2.60. The van der Waals surface area contributed by atoms with E-state index in [0.29, 0.717) is 12.5 Å². The summed E-state index contributed by atoms with van der Waals surface area (Å²) < 4.78 is 22.6. The second-order valence-corrected chi connectivity index (χ2v) is 8.04. The Morgan fingerprint density at radius 3 is 2.81 bits per heavy atom. The average Bonchev–Trinajstić information content (AvgIpc) is 2.59. The molecule has 0 saturated carbocycles. The van der Waals surface area contributed by atoms with Crippen molar-refractivity contribution in [2.45, 2.75) is 32.2 Å². The van der Waals surface area contributed by atoms with Crippen molar-refractivity contribution in [2.75, 3.05) is 36.5 Å². The zero-order chi connectivity index (χ0) is 15.3. The van der Waals surface area contributed by atoms with E-state index in [0.717, 1.165) is 32.5 Å². The molecule has 0 aromatic heterocycles. The molecule has 1 heterocycles. The number of nitrogens with one attached hydrogen (secondary N) is 1. The molecule has 0 saturated heterocycles. The number of rotatable bonds is 6. The molecule has 1 aliphatic heterocycles. The van der Waals surface area contributed by atoms with Gasteiger partial charge in [0.05, 0.1) is 5.75 Å². The molecule has 0 radical (unpaired) electrons. The van der Waals surface area contributed by atoms with Crippen molar-refractivity contribution in [1.82, 2.24) is 5.32 Å². The molecule has 1 aliphatic rings. The Bertz CT molecular complexity index is 557. The van der Waals surface area contributed by atoms with Crippen LogP contribution in [-0.4, -0.2) is 40.1 Å². The summed E-state index contributed by atoms with van der Waals surface area (Å²) in [7, 11) is -2.87. The topological polar surface area (TPSA) is 49.4 Å². The van der Waals surface area contributed by atoms with Crippen molar-refractivity contribution < 1.29 is 8.42 Å². The summed E-state index contributed by atoms with van der Waals surface area (Å²) in [5, 5.41) is 3.56. The molecule has 1 aromatic rings. The molecular weight excluding hydrogens is 284 g/mol. The van der Waals surface area contributed by atoms with Gasteiger partial charge in [-0.3, -0.25) is 0 Å². The fourth-order valence-corrected chi connectivity index (χ4v) is 3.69. The first kappa shape index (κ1) is 16.3. The molecule has 4 nitrogen and oxygen atoms in total. The highest BCUT2D eigenvalue weighted by atomic mass is 32.2. The zero-order valence-electron chi connectivity index (χ0n) is 13.0. The van der Waals surface area contributed by atoms with Gasteiger partial charge >= 0.3 is 0 Å². The number of hydrogen-bond donors (Lipinski definition) is 1. The summed E-state index contributed by atoms with van der Waals surface area (Å²) in [6, 6.07) is 8.91. The molecule has 2 rings (SSSR count). The Hall–Kier alpha value is -1.07. The van der Waals surface area contributed by atoms with Crippen molar-refractivity contribution in [2.24, 2.45) is 0 Å². The minimum atomic E-state index is -2.87. The molecule has 0 aliphatic carbocycles. The molecule has 21 heavy (non-hydrogen) atoms. The van der Waals surface area contributed by atoms with Crippen LogP contribution in [0.1, 0.15) is 37.8 Å². The Kier molecular flexibility index (Phi) is 5.65. The van der Waals surface area contributed by atoms with Crippen LogP contribution in [-0.2, 0) is 9.84 Å². The lowest BCUT2D eigenvalue weighted by molar-refractivity contribution is 0.510. The molecule has 1 N–H and O–H groups in total. The van der Waals surface area contributed by atoms with E-state index in [1.165, 1.54) is 17.5 Å². The minimum Gasteiger partial charge on any atom is -0.371 e. The van der Waals surface area contributed by atoms with Gasteiger partial charge in [-0.2, -0.15) is 0 Å². The van der Waals surface area contributed by atoms with Crippen LogP contribution >= 0.6 is 0 Å². The number of hydrogen-bond acceptors (Lipinski definition) is 4. The Morgan fingerprint density at radius 1 is 1.33 bits per heavy atom. The van der Waals surface area contributed by atoms with Gasteiger partial charge < -0.3 is 10.2 Å². The smallest absolute Gasteiger partial charge is 0.147 e. The minimum absolute atomic E-state index is 0.266. The van der Waals surface area contributed by atoms with Crippen LogP contribution < -0.4 is 10.2 Å². The summed E-state index contributed by atoms with van der Waals surface area (Å²) in [4.78, 5) is 2.35. The molecule has 0 bridgehead atoms. The van der Waals surface area contributed by atoms with Gasteiger partial charge in [-0.1, -0.05) is 25.1 Å². The molecule has 0 fully saturated rings. The Balaban J connectivity index is 2.13. The number of sulfone groups is 1. The van der Waals surface area contributed by atoms with Gasteiger partial charge in [-0.05, 0) is 37.4 Å². The lowest BCUT2D eigenvalue weighted by Crippen LogP contribution is -2.27. The molecule has 5 heteroatoms. The van der Waals surface area contributed by atoms with E-state index in [4.69, 9.17) is 0 Å². The highest BCUT2D eigenvalue weighted by molar-refractivity contribution is 7.90. The second-order valence-electron chi connectivity index (χ2n) is 5.78. The van der Waals surface area contributed by atoms with Crippen LogP contribution in [0.4, 0.5) is 5.69 Å². The third kappa shape index (κ3) is 4.71. The van der Waals surface area contributed by atoms with Crippen LogP contribution in [0, 0.1) is 0 Å². The van der Waals surface area contributed by atoms with Crippen molar-refractivity contribution in [3.05, 3.63) is 29.8 Å². The summed E-state index contributed by atoms with van der Waals surface area (Å²) in [6.07, 6.45) is 4.27. The second kappa shape index (κ2) is 7.27. The summed E-state index contributed by atoms with van der Waals surface area (Å²) in [6.45, 7) is 4.91.